The lowest BCUT2D eigenvalue weighted by molar-refractivity contribution is -0.0283. The van der Waals surface area contributed by atoms with E-state index in [9.17, 15) is 9.59 Å². The summed E-state index contributed by atoms with van der Waals surface area (Å²) in [5.74, 6) is -1.50. The van der Waals surface area contributed by atoms with E-state index in [-0.39, 0.29) is 17.0 Å². The topological polar surface area (TPSA) is 63.6 Å². The van der Waals surface area contributed by atoms with Gasteiger partial charge < -0.3 is 9.84 Å². The van der Waals surface area contributed by atoms with Gasteiger partial charge in [-0.25, -0.2) is 9.59 Å². The van der Waals surface area contributed by atoms with Gasteiger partial charge in [-0.3, -0.25) is 0 Å². The van der Waals surface area contributed by atoms with E-state index in [4.69, 9.17) is 9.84 Å². The van der Waals surface area contributed by atoms with Crippen LogP contribution in [-0.4, -0.2) is 22.6 Å². The average molecular weight is 292 g/mol. The predicted octanol–water partition coefficient (Wildman–Crippen LogP) is 4.15. The van der Waals surface area contributed by atoms with Crippen molar-refractivity contribution in [1.82, 2.24) is 0 Å². The molecule has 1 aromatic carbocycles. The number of hydrogen-bond donors (Lipinski definition) is 1. The molecule has 0 heterocycles. The number of rotatable bonds is 7. The summed E-state index contributed by atoms with van der Waals surface area (Å²) in [6.45, 7) is 7.91. The van der Waals surface area contributed by atoms with Crippen LogP contribution in [0.2, 0.25) is 0 Å². The van der Waals surface area contributed by atoms with E-state index in [1.54, 1.807) is 12.1 Å². The first-order chi connectivity index (χ1) is 9.79. The minimum Gasteiger partial charge on any atom is -0.478 e. The molecule has 1 atom stereocenters. The molecule has 0 saturated heterocycles. The van der Waals surface area contributed by atoms with Crippen LogP contribution in [0.1, 0.15) is 67.7 Å². The summed E-state index contributed by atoms with van der Waals surface area (Å²) in [4.78, 5) is 23.4. The molecular weight excluding hydrogens is 268 g/mol. The summed E-state index contributed by atoms with van der Waals surface area (Å²) in [5, 5.41) is 9.13. The van der Waals surface area contributed by atoms with E-state index in [0.29, 0.717) is 0 Å². The molecule has 116 valence electrons. The predicted molar refractivity (Wildman–Crippen MR) is 81.6 cm³/mol. The van der Waals surface area contributed by atoms with Crippen molar-refractivity contribution in [2.45, 2.75) is 52.6 Å². The number of benzene rings is 1. The molecule has 0 aliphatic rings. The Kier molecular flexibility index (Phi) is 5.94. The van der Waals surface area contributed by atoms with Gasteiger partial charge in [-0.1, -0.05) is 38.8 Å². The molecule has 0 aliphatic carbocycles. The van der Waals surface area contributed by atoms with Crippen molar-refractivity contribution in [1.29, 1.82) is 0 Å². The molecule has 1 N–H and O–H groups in total. The van der Waals surface area contributed by atoms with Crippen LogP contribution < -0.4 is 0 Å². The van der Waals surface area contributed by atoms with Gasteiger partial charge >= 0.3 is 11.9 Å². The number of esters is 1. The second-order valence-corrected chi connectivity index (χ2v) is 5.89. The van der Waals surface area contributed by atoms with E-state index >= 15 is 0 Å². The zero-order valence-electron chi connectivity index (χ0n) is 13.2. The molecule has 0 spiro atoms. The number of carboxylic acid groups (broad SMARTS) is 1. The third-order valence-electron chi connectivity index (χ3n) is 3.91. The van der Waals surface area contributed by atoms with Gasteiger partial charge in [-0.05, 0) is 38.3 Å². The highest BCUT2D eigenvalue weighted by molar-refractivity contribution is 6.02. The summed E-state index contributed by atoms with van der Waals surface area (Å²) < 4.78 is 5.57. The van der Waals surface area contributed by atoms with Gasteiger partial charge in [0.2, 0.25) is 0 Å². The first-order valence-corrected chi connectivity index (χ1v) is 7.35. The Morgan fingerprint density at radius 1 is 1.24 bits per heavy atom. The molecular formula is C17H24O4. The molecule has 0 saturated carbocycles. The molecule has 1 unspecified atom stereocenters. The van der Waals surface area contributed by atoms with E-state index in [1.165, 1.54) is 12.1 Å². The van der Waals surface area contributed by atoms with Gasteiger partial charge in [-0.15, -0.1) is 0 Å². The van der Waals surface area contributed by atoms with Crippen molar-refractivity contribution in [2.75, 3.05) is 0 Å². The van der Waals surface area contributed by atoms with Crippen molar-refractivity contribution in [3.8, 4) is 0 Å². The lowest BCUT2D eigenvalue weighted by Crippen LogP contribution is -2.35. The molecule has 4 heteroatoms. The van der Waals surface area contributed by atoms with Gasteiger partial charge in [0.25, 0.3) is 0 Å². The number of aromatic carboxylic acids is 1. The standard InChI is InChI=1S/C17H24O4/c1-5-6-9-12(2)17(3,4)21-16(20)14-11-8-7-10-13(14)15(18)19/h7-8,10-12H,5-6,9H2,1-4H3,(H,18,19). The van der Waals surface area contributed by atoms with Crippen molar-refractivity contribution in [3.63, 3.8) is 0 Å². The van der Waals surface area contributed by atoms with Crippen molar-refractivity contribution < 1.29 is 19.4 Å². The lowest BCUT2D eigenvalue weighted by Gasteiger charge is -2.32. The quantitative estimate of drug-likeness (QED) is 0.767. The monoisotopic (exact) mass is 292 g/mol. The fourth-order valence-corrected chi connectivity index (χ4v) is 2.10. The SMILES string of the molecule is CCCCC(C)C(C)(C)OC(=O)c1ccccc1C(=O)O. The Labute approximate surface area is 126 Å². The zero-order chi connectivity index (χ0) is 16.0. The summed E-state index contributed by atoms with van der Waals surface area (Å²) in [6.07, 6.45) is 3.14. The van der Waals surface area contributed by atoms with Gasteiger partial charge in [-0.2, -0.15) is 0 Å². The third-order valence-corrected chi connectivity index (χ3v) is 3.91. The minimum atomic E-state index is -1.13. The number of ether oxygens (including phenoxy) is 1. The minimum absolute atomic E-state index is 0.0282. The Morgan fingerprint density at radius 2 is 1.81 bits per heavy atom. The van der Waals surface area contributed by atoms with Crippen LogP contribution in [0.4, 0.5) is 0 Å². The maximum absolute atomic E-state index is 12.3. The Hall–Kier alpha value is -1.84. The van der Waals surface area contributed by atoms with Crippen LogP contribution in [-0.2, 0) is 4.74 Å². The van der Waals surface area contributed by atoms with E-state index in [1.807, 2.05) is 20.8 Å². The molecule has 0 aromatic heterocycles. The molecule has 0 radical (unpaired) electrons. The highest BCUT2D eigenvalue weighted by atomic mass is 16.6. The normalized spacial score (nSPS) is 12.8. The zero-order valence-corrected chi connectivity index (χ0v) is 13.2. The second-order valence-electron chi connectivity index (χ2n) is 5.89. The highest BCUT2D eigenvalue weighted by Gasteiger charge is 2.31. The molecule has 4 nitrogen and oxygen atoms in total. The summed E-state index contributed by atoms with van der Waals surface area (Å²) in [7, 11) is 0. The Morgan fingerprint density at radius 3 is 2.33 bits per heavy atom. The van der Waals surface area contributed by atoms with Crippen LogP contribution >= 0.6 is 0 Å². The van der Waals surface area contributed by atoms with Crippen LogP contribution in [0.3, 0.4) is 0 Å². The van der Waals surface area contributed by atoms with E-state index < -0.39 is 17.5 Å². The van der Waals surface area contributed by atoms with E-state index in [0.717, 1.165) is 19.3 Å². The van der Waals surface area contributed by atoms with Crippen molar-refractivity contribution >= 4 is 11.9 Å². The van der Waals surface area contributed by atoms with Crippen molar-refractivity contribution in [3.05, 3.63) is 35.4 Å². The number of hydrogen-bond acceptors (Lipinski definition) is 3. The fourth-order valence-electron chi connectivity index (χ4n) is 2.10. The maximum Gasteiger partial charge on any atom is 0.339 e. The number of carboxylic acids is 1. The summed E-state index contributed by atoms with van der Waals surface area (Å²) in [5.41, 5.74) is -0.557. The van der Waals surface area contributed by atoms with Gasteiger partial charge in [0.05, 0.1) is 11.1 Å². The molecule has 0 aliphatic heterocycles. The average Bonchev–Trinajstić information content (AvgIpc) is 2.44. The largest absolute Gasteiger partial charge is 0.478 e. The van der Waals surface area contributed by atoms with E-state index in [2.05, 4.69) is 6.92 Å². The van der Waals surface area contributed by atoms with Gasteiger partial charge in [0.1, 0.15) is 5.60 Å². The lowest BCUT2D eigenvalue weighted by atomic mass is 9.88. The smallest absolute Gasteiger partial charge is 0.339 e. The number of unbranched alkanes of at least 4 members (excludes halogenated alkanes) is 1. The van der Waals surface area contributed by atoms with Crippen molar-refractivity contribution in [2.24, 2.45) is 5.92 Å². The van der Waals surface area contributed by atoms with Crippen LogP contribution in [0.15, 0.2) is 24.3 Å². The fraction of sp³-hybridized carbons (Fsp3) is 0.529. The summed E-state index contributed by atoms with van der Waals surface area (Å²) in [6, 6.07) is 6.12. The van der Waals surface area contributed by atoms with Crippen LogP contribution in [0.25, 0.3) is 0 Å². The molecule has 0 fully saturated rings. The molecule has 0 amide bonds. The molecule has 0 bridgehead atoms. The molecule has 1 rings (SSSR count). The summed E-state index contributed by atoms with van der Waals surface area (Å²) >= 11 is 0. The first kappa shape index (κ1) is 17.2. The van der Waals surface area contributed by atoms with Crippen LogP contribution in [0, 0.1) is 5.92 Å². The molecule has 1 aromatic rings. The number of carbonyl (C=O) groups excluding carboxylic acids is 1. The first-order valence-electron chi connectivity index (χ1n) is 7.35. The third kappa shape index (κ3) is 4.59. The number of carbonyl (C=O) groups is 2. The molecule has 21 heavy (non-hydrogen) atoms. The van der Waals surface area contributed by atoms with Gasteiger partial charge in [0, 0.05) is 0 Å². The second kappa shape index (κ2) is 7.25. The maximum atomic E-state index is 12.3. The highest BCUT2D eigenvalue weighted by Crippen LogP contribution is 2.27. The van der Waals surface area contributed by atoms with Gasteiger partial charge in [0.15, 0.2) is 0 Å². The van der Waals surface area contributed by atoms with Crippen LogP contribution in [0.5, 0.6) is 0 Å². The Bertz CT molecular complexity index is 505. The Balaban J connectivity index is 2.88.